The van der Waals surface area contributed by atoms with E-state index < -0.39 is 0 Å². The first-order valence-electron chi connectivity index (χ1n) is 20.5. The molecule has 0 aliphatic rings. The smallest absolute Gasteiger partial charge is 0.100 e. The van der Waals surface area contributed by atoms with Crippen LogP contribution in [0.5, 0.6) is 0 Å². The van der Waals surface area contributed by atoms with E-state index >= 15 is 0 Å². The summed E-state index contributed by atoms with van der Waals surface area (Å²) in [6, 6.07) is 61.0. The molecule has 290 valence electrons. The van der Waals surface area contributed by atoms with Gasteiger partial charge in [0.25, 0.3) is 0 Å². The standard InChI is InChI=1S/C54H32N6S2/c1-5-13-41-37(9-1)38-10-2-6-14-42(38)59(41)35-21-17-33(18-22-35)45-25-27-47(61-45)49-51-53(57-31-29-55-51)50(54-52(49)56-30-32-58-54)48-28-26-46(62-48)34-19-23-36(24-20-34)60-43-15-7-3-11-39(43)40-12-4-8-16-44(40)60/h1-32H. The van der Waals surface area contributed by atoms with E-state index in [-0.39, 0.29) is 0 Å². The summed E-state index contributed by atoms with van der Waals surface area (Å²) in [6.45, 7) is 0. The van der Waals surface area contributed by atoms with Crippen LogP contribution in [0, 0.1) is 0 Å². The molecule has 6 heterocycles. The molecule has 0 atom stereocenters. The second kappa shape index (κ2) is 13.9. The quantitative estimate of drug-likeness (QED) is 0.157. The molecule has 0 radical (unpaired) electrons. The Morgan fingerprint density at radius 3 is 0.903 bits per heavy atom. The van der Waals surface area contributed by atoms with Gasteiger partial charge in [0.2, 0.25) is 0 Å². The summed E-state index contributed by atoms with van der Waals surface area (Å²) < 4.78 is 4.71. The zero-order valence-corrected chi connectivity index (χ0v) is 34.6. The van der Waals surface area contributed by atoms with Crippen molar-refractivity contribution < 1.29 is 0 Å². The zero-order chi connectivity index (χ0) is 40.7. The lowest BCUT2D eigenvalue weighted by molar-refractivity contribution is 1.18. The van der Waals surface area contributed by atoms with Crippen molar-refractivity contribution in [3.63, 3.8) is 0 Å². The highest BCUT2D eigenvalue weighted by atomic mass is 32.1. The van der Waals surface area contributed by atoms with Gasteiger partial charge in [-0.25, -0.2) is 0 Å². The molecule has 6 nitrogen and oxygen atoms in total. The van der Waals surface area contributed by atoms with Crippen molar-refractivity contribution in [1.29, 1.82) is 0 Å². The van der Waals surface area contributed by atoms with Gasteiger partial charge in [0.15, 0.2) is 0 Å². The molecule has 62 heavy (non-hydrogen) atoms. The molecule has 0 saturated carbocycles. The number of rotatable bonds is 6. The molecule has 0 amide bonds. The molecule has 13 rings (SSSR count). The largest absolute Gasteiger partial charge is 0.309 e. The van der Waals surface area contributed by atoms with Crippen LogP contribution in [0.1, 0.15) is 0 Å². The maximum absolute atomic E-state index is 4.98. The average Bonchev–Trinajstić information content (AvgIpc) is 4.15. The van der Waals surface area contributed by atoms with E-state index in [9.17, 15) is 0 Å². The van der Waals surface area contributed by atoms with Crippen LogP contribution in [-0.4, -0.2) is 29.1 Å². The van der Waals surface area contributed by atoms with E-state index in [2.05, 4.69) is 179 Å². The fourth-order valence-electron chi connectivity index (χ4n) is 9.30. The average molecular weight is 829 g/mol. The molecule has 7 aromatic carbocycles. The SMILES string of the molecule is c1ccc2c(c1)c1ccccc1n2-c1ccc(-c2ccc(-c3c4nccnc4c(-c4ccc(-c5ccc(-n6c7ccccc7c7ccccc76)cc5)s4)c4nccnc34)s2)cc1. The van der Waals surface area contributed by atoms with Crippen molar-refractivity contribution in [2.75, 3.05) is 0 Å². The Labute approximate surface area is 363 Å². The molecule has 0 N–H and O–H groups in total. The first-order valence-corrected chi connectivity index (χ1v) is 22.2. The number of aromatic nitrogens is 6. The third kappa shape index (κ3) is 5.34. The summed E-state index contributed by atoms with van der Waals surface area (Å²) in [4.78, 5) is 24.4. The molecule has 0 aliphatic carbocycles. The Bertz CT molecular complexity index is 3460. The van der Waals surface area contributed by atoms with Gasteiger partial charge in [-0.05, 0) is 83.9 Å². The molecule has 0 spiro atoms. The lowest BCUT2D eigenvalue weighted by Crippen LogP contribution is -1.95. The van der Waals surface area contributed by atoms with E-state index in [0.29, 0.717) is 0 Å². The number of thiophene rings is 2. The lowest BCUT2D eigenvalue weighted by atomic mass is 10.0. The van der Waals surface area contributed by atoms with E-state index in [0.717, 1.165) is 65.4 Å². The highest BCUT2D eigenvalue weighted by Crippen LogP contribution is 2.46. The van der Waals surface area contributed by atoms with Crippen molar-refractivity contribution in [1.82, 2.24) is 29.1 Å². The fraction of sp³-hybridized carbons (Fsp3) is 0. The Hall–Kier alpha value is -7.78. The minimum Gasteiger partial charge on any atom is -0.309 e. The van der Waals surface area contributed by atoms with E-state index in [4.69, 9.17) is 19.9 Å². The van der Waals surface area contributed by atoms with Gasteiger partial charge in [-0.2, -0.15) is 0 Å². The van der Waals surface area contributed by atoms with Crippen LogP contribution in [-0.2, 0) is 0 Å². The highest BCUT2D eigenvalue weighted by Gasteiger charge is 2.23. The second-order valence-electron chi connectivity index (χ2n) is 15.4. The Morgan fingerprint density at radius 1 is 0.290 bits per heavy atom. The molecule has 0 aliphatic heterocycles. The summed E-state index contributed by atoms with van der Waals surface area (Å²) in [7, 11) is 0. The van der Waals surface area contributed by atoms with E-state index in [1.165, 1.54) is 53.4 Å². The van der Waals surface area contributed by atoms with Gasteiger partial charge in [-0.1, -0.05) is 97.1 Å². The second-order valence-corrected chi connectivity index (χ2v) is 17.6. The monoisotopic (exact) mass is 828 g/mol. The minimum absolute atomic E-state index is 0.816. The highest BCUT2D eigenvalue weighted by molar-refractivity contribution is 7.19. The van der Waals surface area contributed by atoms with E-state index in [1.54, 1.807) is 47.5 Å². The van der Waals surface area contributed by atoms with Crippen molar-refractivity contribution >= 4 is 88.4 Å². The maximum atomic E-state index is 4.98. The fourth-order valence-corrected chi connectivity index (χ4v) is 11.4. The number of fused-ring (bicyclic) bond motifs is 8. The van der Waals surface area contributed by atoms with Gasteiger partial charge in [0, 0.05) is 88.3 Å². The zero-order valence-electron chi connectivity index (χ0n) is 33.0. The normalized spacial score (nSPS) is 11.9. The third-order valence-corrected chi connectivity index (χ3v) is 14.3. The van der Waals surface area contributed by atoms with Crippen LogP contribution in [0.4, 0.5) is 0 Å². The predicted octanol–water partition coefficient (Wildman–Crippen LogP) is 14.6. The lowest BCUT2D eigenvalue weighted by Gasteiger charge is -2.12. The number of para-hydroxylation sites is 4. The Morgan fingerprint density at radius 2 is 0.581 bits per heavy atom. The number of hydrogen-bond acceptors (Lipinski definition) is 6. The summed E-state index contributed by atoms with van der Waals surface area (Å²) in [5.74, 6) is 0. The molecule has 0 saturated heterocycles. The summed E-state index contributed by atoms with van der Waals surface area (Å²) >= 11 is 3.48. The summed E-state index contributed by atoms with van der Waals surface area (Å²) in [6.07, 6.45) is 7.10. The van der Waals surface area contributed by atoms with Crippen molar-refractivity contribution in [2.45, 2.75) is 0 Å². The van der Waals surface area contributed by atoms with Crippen molar-refractivity contribution in [2.24, 2.45) is 0 Å². The van der Waals surface area contributed by atoms with Gasteiger partial charge in [0.1, 0.15) is 22.1 Å². The summed E-state index contributed by atoms with van der Waals surface area (Å²) in [5, 5.41) is 5.03. The van der Waals surface area contributed by atoms with Crippen LogP contribution >= 0.6 is 22.7 Å². The molecular formula is C54H32N6S2. The van der Waals surface area contributed by atoms with E-state index in [1.807, 2.05) is 0 Å². The molecule has 0 bridgehead atoms. The van der Waals surface area contributed by atoms with Crippen LogP contribution in [0.15, 0.2) is 195 Å². The van der Waals surface area contributed by atoms with Gasteiger partial charge in [-0.15, -0.1) is 22.7 Å². The maximum Gasteiger partial charge on any atom is 0.100 e. The first kappa shape index (κ1) is 35.0. The van der Waals surface area contributed by atoms with Crippen LogP contribution in [0.2, 0.25) is 0 Å². The van der Waals surface area contributed by atoms with Gasteiger partial charge in [-0.3, -0.25) is 19.9 Å². The Balaban J connectivity index is 0.867. The molecule has 0 fully saturated rings. The van der Waals surface area contributed by atoms with Gasteiger partial charge in [0.05, 0.1) is 22.1 Å². The number of benzene rings is 7. The van der Waals surface area contributed by atoms with Gasteiger partial charge < -0.3 is 9.13 Å². The predicted molar refractivity (Wildman–Crippen MR) is 259 cm³/mol. The topological polar surface area (TPSA) is 61.4 Å². The van der Waals surface area contributed by atoms with Crippen LogP contribution in [0.25, 0.3) is 119 Å². The van der Waals surface area contributed by atoms with Gasteiger partial charge >= 0.3 is 0 Å². The molecule has 6 aromatic heterocycles. The van der Waals surface area contributed by atoms with Crippen LogP contribution < -0.4 is 0 Å². The van der Waals surface area contributed by atoms with Crippen molar-refractivity contribution in [3.8, 4) is 53.1 Å². The molecule has 8 heteroatoms. The third-order valence-electron chi connectivity index (χ3n) is 12.0. The molecule has 13 aromatic rings. The summed E-state index contributed by atoms with van der Waals surface area (Å²) in [5.41, 5.74) is 14.6. The Kier molecular flexibility index (Phi) is 7.85. The number of nitrogens with zero attached hydrogens (tertiary/aromatic N) is 6. The number of hydrogen-bond donors (Lipinski definition) is 0. The minimum atomic E-state index is 0.816. The first-order chi connectivity index (χ1) is 30.8. The molecule has 0 unspecified atom stereocenters. The van der Waals surface area contributed by atoms with Crippen LogP contribution in [0.3, 0.4) is 0 Å². The van der Waals surface area contributed by atoms with Crippen molar-refractivity contribution in [3.05, 3.63) is 195 Å². The molecular weight excluding hydrogens is 797 g/mol.